The molecule has 0 aliphatic carbocycles. The number of benzene rings is 1. The summed E-state index contributed by atoms with van der Waals surface area (Å²) in [4.78, 5) is 27.3. The predicted octanol–water partition coefficient (Wildman–Crippen LogP) is 2.67. The Morgan fingerprint density at radius 1 is 1.14 bits per heavy atom. The minimum Gasteiger partial charge on any atom is -0.380 e. The zero-order valence-electron chi connectivity index (χ0n) is 20.5. The Bertz CT molecular complexity index is 1190. The molecule has 0 spiro atoms. The van der Waals surface area contributed by atoms with Crippen molar-refractivity contribution in [2.75, 3.05) is 6.54 Å². The molecule has 11 heteroatoms. The number of rotatable bonds is 8. The molecule has 1 aliphatic rings. The van der Waals surface area contributed by atoms with Crippen molar-refractivity contribution in [3.63, 3.8) is 0 Å². The van der Waals surface area contributed by atoms with Gasteiger partial charge in [0.1, 0.15) is 0 Å². The molecule has 1 aromatic carbocycles. The first-order valence-electron chi connectivity index (χ1n) is 12.0. The molecule has 1 aliphatic heterocycles. The molecule has 4 atom stereocenters. The first-order chi connectivity index (χ1) is 17.2. The average Bonchev–Trinajstić information content (AvgIpc) is 3.63. The molecule has 0 saturated carbocycles. The highest BCUT2D eigenvalue weighted by Gasteiger charge is 2.40. The monoisotopic (exact) mass is 558 g/mol. The van der Waals surface area contributed by atoms with Crippen LogP contribution >= 0.6 is 15.9 Å². The molecular weight excluding hydrogens is 528 g/mol. The standard InChI is InChI=1S/C25H31BrN6O4/c1-15(2)32-14-19(26)21(29-32)20-6-4-12-30(20)25(36)23(34)22(33)24(35)28-16(3)17-7-9-18(10-8-17)31-13-5-11-27-31/h5,7-11,13-16,20,22-23,33-34H,4,6,12H2,1-3H3,(H,28,35)/t16-,20-,22-,23-/m1/s1. The van der Waals surface area contributed by atoms with Crippen LogP contribution < -0.4 is 5.32 Å². The van der Waals surface area contributed by atoms with E-state index in [0.717, 1.165) is 22.1 Å². The number of nitrogens with one attached hydrogen (secondary N) is 1. The van der Waals surface area contributed by atoms with Crippen molar-refractivity contribution in [3.05, 3.63) is 64.7 Å². The van der Waals surface area contributed by atoms with Gasteiger partial charge in [-0.25, -0.2) is 4.68 Å². The molecule has 10 nitrogen and oxygen atoms in total. The first-order valence-corrected chi connectivity index (χ1v) is 12.8. The SMILES string of the molecule is CC(C)n1cc(Br)c([C@H]2CCCN2C(=O)[C@H](O)[C@@H](O)C(=O)N[C@H](C)c2ccc(-n3cccn3)cc2)n1. The summed E-state index contributed by atoms with van der Waals surface area (Å²) in [6, 6.07) is 8.61. The number of aliphatic hydroxyl groups excluding tert-OH is 2. The van der Waals surface area contributed by atoms with Crippen LogP contribution in [-0.2, 0) is 9.59 Å². The van der Waals surface area contributed by atoms with E-state index in [4.69, 9.17) is 0 Å². The number of hydrogen-bond acceptors (Lipinski definition) is 6. The number of amides is 2. The van der Waals surface area contributed by atoms with Crippen LogP contribution in [0, 0.1) is 0 Å². The van der Waals surface area contributed by atoms with Crippen LogP contribution in [0.1, 0.15) is 63.0 Å². The van der Waals surface area contributed by atoms with Gasteiger partial charge in [-0.05, 0) is 73.3 Å². The largest absolute Gasteiger partial charge is 0.380 e. The second-order valence-corrected chi connectivity index (χ2v) is 10.1. The molecule has 0 radical (unpaired) electrons. The molecule has 1 fully saturated rings. The summed E-state index contributed by atoms with van der Waals surface area (Å²) in [7, 11) is 0. The molecule has 36 heavy (non-hydrogen) atoms. The normalized spacial score (nSPS) is 18.3. The summed E-state index contributed by atoms with van der Waals surface area (Å²) in [5.41, 5.74) is 2.37. The number of halogens is 1. The van der Waals surface area contributed by atoms with Gasteiger partial charge in [0.2, 0.25) is 0 Å². The zero-order chi connectivity index (χ0) is 26.0. The van der Waals surface area contributed by atoms with Crippen LogP contribution in [0.25, 0.3) is 5.69 Å². The van der Waals surface area contributed by atoms with Crippen LogP contribution in [0.2, 0.25) is 0 Å². The summed E-state index contributed by atoms with van der Waals surface area (Å²) in [5, 5.41) is 32.6. The fourth-order valence-corrected chi connectivity index (χ4v) is 4.91. The number of nitrogens with zero attached hydrogens (tertiary/aromatic N) is 5. The number of likely N-dealkylation sites (tertiary alicyclic amines) is 1. The maximum Gasteiger partial charge on any atom is 0.255 e. The fourth-order valence-electron chi connectivity index (χ4n) is 4.36. The second kappa shape index (κ2) is 10.9. The Morgan fingerprint density at radius 3 is 2.47 bits per heavy atom. The third-order valence-corrected chi connectivity index (χ3v) is 7.05. The van der Waals surface area contributed by atoms with Gasteiger partial charge in [-0.15, -0.1) is 0 Å². The Kier molecular flexibility index (Phi) is 7.91. The first kappa shape index (κ1) is 26.1. The molecule has 4 rings (SSSR count). The van der Waals surface area contributed by atoms with Gasteiger partial charge in [0.05, 0.1) is 27.9 Å². The Balaban J connectivity index is 1.39. The maximum absolute atomic E-state index is 13.1. The molecule has 0 bridgehead atoms. The smallest absolute Gasteiger partial charge is 0.255 e. The van der Waals surface area contributed by atoms with E-state index < -0.39 is 30.1 Å². The molecule has 192 valence electrons. The van der Waals surface area contributed by atoms with Crippen molar-refractivity contribution in [2.45, 2.75) is 63.9 Å². The van der Waals surface area contributed by atoms with Gasteiger partial charge >= 0.3 is 0 Å². The highest BCUT2D eigenvalue weighted by Crippen LogP contribution is 2.36. The van der Waals surface area contributed by atoms with Crippen molar-refractivity contribution in [2.24, 2.45) is 0 Å². The number of hydrogen-bond donors (Lipinski definition) is 3. The highest BCUT2D eigenvalue weighted by atomic mass is 79.9. The zero-order valence-corrected chi connectivity index (χ0v) is 22.0. The molecule has 3 N–H and O–H groups in total. The number of carbonyl (C=O) groups excluding carboxylic acids is 2. The van der Waals surface area contributed by atoms with E-state index in [1.807, 2.05) is 61.3 Å². The van der Waals surface area contributed by atoms with Gasteiger partial charge in [-0.2, -0.15) is 10.2 Å². The van der Waals surface area contributed by atoms with E-state index in [9.17, 15) is 19.8 Å². The lowest BCUT2D eigenvalue weighted by atomic mass is 10.1. The van der Waals surface area contributed by atoms with Crippen LogP contribution in [0.3, 0.4) is 0 Å². The molecular formula is C25H31BrN6O4. The van der Waals surface area contributed by atoms with Crippen LogP contribution in [0.5, 0.6) is 0 Å². The minimum atomic E-state index is -1.90. The van der Waals surface area contributed by atoms with E-state index in [1.54, 1.807) is 17.8 Å². The molecule has 3 heterocycles. The van der Waals surface area contributed by atoms with E-state index in [2.05, 4.69) is 31.4 Å². The maximum atomic E-state index is 13.1. The Labute approximate surface area is 218 Å². The van der Waals surface area contributed by atoms with E-state index in [1.165, 1.54) is 4.90 Å². The number of aromatic nitrogens is 4. The third-order valence-electron chi connectivity index (χ3n) is 6.44. The van der Waals surface area contributed by atoms with Crippen molar-refractivity contribution >= 4 is 27.7 Å². The van der Waals surface area contributed by atoms with Crippen LogP contribution in [-0.4, -0.2) is 65.2 Å². The molecule has 3 aromatic rings. The molecule has 2 aromatic heterocycles. The van der Waals surface area contributed by atoms with Crippen molar-refractivity contribution < 1.29 is 19.8 Å². The second-order valence-electron chi connectivity index (χ2n) is 9.29. The summed E-state index contributed by atoms with van der Waals surface area (Å²) >= 11 is 3.52. The van der Waals surface area contributed by atoms with Crippen LogP contribution in [0.4, 0.5) is 0 Å². The highest BCUT2D eigenvalue weighted by molar-refractivity contribution is 9.10. The van der Waals surface area contributed by atoms with E-state index in [-0.39, 0.29) is 12.1 Å². The van der Waals surface area contributed by atoms with Gasteiger partial charge in [-0.3, -0.25) is 14.3 Å². The van der Waals surface area contributed by atoms with Crippen molar-refractivity contribution in [1.29, 1.82) is 0 Å². The average molecular weight is 559 g/mol. The van der Waals surface area contributed by atoms with Gasteiger partial charge in [0.15, 0.2) is 12.2 Å². The third kappa shape index (κ3) is 5.37. The Hall–Kier alpha value is -3.02. The number of aliphatic hydroxyl groups is 2. The van der Waals surface area contributed by atoms with Crippen molar-refractivity contribution in [1.82, 2.24) is 29.8 Å². The number of carbonyl (C=O) groups is 2. The quantitative estimate of drug-likeness (QED) is 0.390. The van der Waals surface area contributed by atoms with Gasteiger partial charge < -0.3 is 20.4 Å². The summed E-state index contributed by atoms with van der Waals surface area (Å²) in [6.45, 7) is 6.19. The fraction of sp³-hybridized carbons (Fsp3) is 0.440. The predicted molar refractivity (Wildman–Crippen MR) is 136 cm³/mol. The topological polar surface area (TPSA) is 126 Å². The molecule has 0 unspecified atom stereocenters. The van der Waals surface area contributed by atoms with Crippen LogP contribution in [0.15, 0.2) is 53.4 Å². The summed E-state index contributed by atoms with van der Waals surface area (Å²) in [5.74, 6) is -1.51. The van der Waals surface area contributed by atoms with Gasteiger partial charge in [-0.1, -0.05) is 12.1 Å². The molecule has 1 saturated heterocycles. The van der Waals surface area contributed by atoms with Gasteiger partial charge in [0.25, 0.3) is 11.8 Å². The molecule has 2 amide bonds. The van der Waals surface area contributed by atoms with E-state index >= 15 is 0 Å². The lowest BCUT2D eigenvalue weighted by molar-refractivity contribution is -0.154. The lowest BCUT2D eigenvalue weighted by Crippen LogP contribution is -2.51. The Morgan fingerprint density at radius 2 is 1.86 bits per heavy atom. The summed E-state index contributed by atoms with van der Waals surface area (Å²) < 4.78 is 4.30. The van der Waals surface area contributed by atoms with Crippen molar-refractivity contribution in [3.8, 4) is 5.69 Å². The van der Waals surface area contributed by atoms with Gasteiger partial charge in [0, 0.05) is 31.2 Å². The lowest BCUT2D eigenvalue weighted by Gasteiger charge is -2.28. The summed E-state index contributed by atoms with van der Waals surface area (Å²) in [6.07, 6.45) is 3.01. The van der Waals surface area contributed by atoms with E-state index in [0.29, 0.717) is 18.7 Å². The minimum absolute atomic E-state index is 0.153.